The Morgan fingerprint density at radius 2 is 2.33 bits per heavy atom. The van der Waals surface area contributed by atoms with E-state index in [4.69, 9.17) is 4.74 Å². The molecule has 0 aliphatic carbocycles. The molecule has 4 heteroatoms. The molecule has 0 unspecified atom stereocenters. The zero-order valence-corrected chi connectivity index (χ0v) is 10.8. The lowest BCUT2D eigenvalue weighted by atomic mass is 10.1. The highest BCUT2D eigenvalue weighted by Gasteiger charge is 2.09. The van der Waals surface area contributed by atoms with E-state index < -0.39 is 0 Å². The molecule has 2 rings (SSSR count). The number of carbonyl (C=O) groups excluding carboxylic acids is 1. The zero-order chi connectivity index (χ0) is 12.8. The molecule has 0 aliphatic heterocycles. The van der Waals surface area contributed by atoms with Crippen LogP contribution in [0.1, 0.15) is 17.4 Å². The normalized spacial score (nSPS) is 11.3. The molecule has 0 atom stereocenters. The van der Waals surface area contributed by atoms with Crippen molar-refractivity contribution in [1.29, 1.82) is 0 Å². The van der Waals surface area contributed by atoms with E-state index in [0.717, 1.165) is 16.0 Å². The molecule has 18 heavy (non-hydrogen) atoms. The number of ether oxygens (including phenoxy) is 1. The van der Waals surface area contributed by atoms with Gasteiger partial charge in [-0.15, -0.1) is 11.3 Å². The van der Waals surface area contributed by atoms with E-state index >= 15 is 0 Å². The van der Waals surface area contributed by atoms with Crippen molar-refractivity contribution in [2.24, 2.45) is 0 Å². The summed E-state index contributed by atoms with van der Waals surface area (Å²) in [5.74, 6) is -0.329. The van der Waals surface area contributed by atoms with Crippen molar-refractivity contribution < 1.29 is 9.53 Å². The number of thiophene rings is 1. The van der Waals surface area contributed by atoms with Gasteiger partial charge in [0.1, 0.15) is 0 Å². The molecular weight excluding hydrogens is 246 g/mol. The molecule has 2 aromatic rings. The van der Waals surface area contributed by atoms with Crippen molar-refractivity contribution in [3.05, 3.63) is 58.6 Å². The van der Waals surface area contributed by atoms with Gasteiger partial charge in [0.25, 0.3) is 0 Å². The van der Waals surface area contributed by atoms with Crippen LogP contribution in [0.5, 0.6) is 0 Å². The van der Waals surface area contributed by atoms with Crippen LogP contribution in [-0.2, 0) is 9.53 Å². The summed E-state index contributed by atoms with van der Waals surface area (Å²) in [6.07, 6.45) is 4.97. The predicted octanol–water partition coefficient (Wildman–Crippen LogP) is 3.14. The van der Waals surface area contributed by atoms with Crippen LogP contribution in [0.15, 0.2) is 48.1 Å². The minimum atomic E-state index is -0.329. The molecule has 3 nitrogen and oxygen atoms in total. The first-order chi connectivity index (χ1) is 8.81. The highest BCUT2D eigenvalue weighted by molar-refractivity contribution is 7.11. The molecule has 0 amide bonds. The third kappa shape index (κ3) is 3.05. The van der Waals surface area contributed by atoms with E-state index in [1.54, 1.807) is 30.7 Å². The standard InChI is InChI=1S/C14H13NO2S/c1-2-17-14(16)9-12(13-6-4-8-18-13)11-5-3-7-15-10-11/h3-10H,2H2,1H3/b12-9-. The maximum atomic E-state index is 11.6. The van der Waals surface area contributed by atoms with Crippen LogP contribution >= 0.6 is 11.3 Å². The van der Waals surface area contributed by atoms with Crippen LogP contribution in [0.3, 0.4) is 0 Å². The van der Waals surface area contributed by atoms with Gasteiger partial charge in [0, 0.05) is 34.5 Å². The van der Waals surface area contributed by atoms with Crippen LogP contribution in [-0.4, -0.2) is 17.6 Å². The SMILES string of the molecule is CCOC(=O)/C=C(/c1cccnc1)c1cccs1. The van der Waals surface area contributed by atoms with Crippen molar-refractivity contribution in [2.75, 3.05) is 6.61 Å². The topological polar surface area (TPSA) is 39.2 Å². The summed E-state index contributed by atoms with van der Waals surface area (Å²) in [5, 5.41) is 1.98. The Balaban J connectivity index is 2.39. The van der Waals surface area contributed by atoms with Crippen molar-refractivity contribution in [3.63, 3.8) is 0 Å². The van der Waals surface area contributed by atoms with Crippen LogP contribution in [0, 0.1) is 0 Å². The fraction of sp³-hybridized carbons (Fsp3) is 0.143. The van der Waals surface area contributed by atoms with Gasteiger partial charge in [0.2, 0.25) is 0 Å². The number of hydrogen-bond donors (Lipinski definition) is 0. The molecule has 2 heterocycles. The van der Waals surface area contributed by atoms with Gasteiger partial charge in [-0.05, 0) is 24.4 Å². The average Bonchev–Trinajstić information content (AvgIpc) is 2.91. The maximum absolute atomic E-state index is 11.6. The number of hydrogen-bond acceptors (Lipinski definition) is 4. The summed E-state index contributed by atoms with van der Waals surface area (Å²) in [5.41, 5.74) is 1.75. The van der Waals surface area contributed by atoms with Crippen LogP contribution < -0.4 is 0 Å². The van der Waals surface area contributed by atoms with E-state index in [1.807, 2.05) is 29.6 Å². The first-order valence-corrected chi connectivity index (χ1v) is 6.52. The van der Waals surface area contributed by atoms with Crippen LogP contribution in [0.4, 0.5) is 0 Å². The molecular formula is C14H13NO2S. The lowest BCUT2D eigenvalue weighted by Gasteiger charge is -2.05. The second kappa shape index (κ2) is 6.12. The van der Waals surface area contributed by atoms with Crippen molar-refractivity contribution in [3.8, 4) is 0 Å². The number of aromatic nitrogens is 1. The third-order valence-corrected chi connectivity index (χ3v) is 3.21. The highest BCUT2D eigenvalue weighted by atomic mass is 32.1. The molecule has 0 saturated carbocycles. The fourth-order valence-corrected chi connectivity index (χ4v) is 2.32. The monoisotopic (exact) mass is 259 g/mol. The summed E-state index contributed by atoms with van der Waals surface area (Å²) in [6, 6.07) is 7.71. The quantitative estimate of drug-likeness (QED) is 0.625. The third-order valence-electron chi connectivity index (χ3n) is 2.31. The molecule has 0 spiro atoms. The van der Waals surface area contributed by atoms with Gasteiger partial charge in [-0.3, -0.25) is 4.98 Å². The molecule has 2 aromatic heterocycles. The van der Waals surface area contributed by atoms with E-state index in [-0.39, 0.29) is 5.97 Å². The summed E-state index contributed by atoms with van der Waals surface area (Å²) < 4.78 is 4.96. The Morgan fingerprint density at radius 1 is 1.44 bits per heavy atom. The molecule has 0 aromatic carbocycles. The Hall–Kier alpha value is -1.94. The van der Waals surface area contributed by atoms with Gasteiger partial charge >= 0.3 is 5.97 Å². The molecule has 0 N–H and O–H groups in total. The molecule has 0 bridgehead atoms. The second-order valence-electron chi connectivity index (χ2n) is 3.53. The fourth-order valence-electron chi connectivity index (χ4n) is 1.55. The lowest BCUT2D eigenvalue weighted by molar-refractivity contribution is -0.137. The van der Waals surface area contributed by atoms with Crippen molar-refractivity contribution in [2.45, 2.75) is 6.92 Å². The summed E-state index contributed by atoms with van der Waals surface area (Å²) >= 11 is 1.58. The molecule has 92 valence electrons. The van der Waals surface area contributed by atoms with Gasteiger partial charge in [-0.2, -0.15) is 0 Å². The average molecular weight is 259 g/mol. The second-order valence-corrected chi connectivity index (χ2v) is 4.48. The largest absolute Gasteiger partial charge is 0.463 e. The number of esters is 1. The highest BCUT2D eigenvalue weighted by Crippen LogP contribution is 2.26. The Labute approximate surface area is 110 Å². The summed E-state index contributed by atoms with van der Waals surface area (Å²) in [7, 11) is 0. The Bertz CT molecular complexity index is 532. The van der Waals surface area contributed by atoms with E-state index in [1.165, 1.54) is 6.08 Å². The Morgan fingerprint density at radius 3 is 2.94 bits per heavy atom. The van der Waals surface area contributed by atoms with E-state index in [2.05, 4.69) is 4.98 Å². The van der Waals surface area contributed by atoms with Crippen LogP contribution in [0.25, 0.3) is 5.57 Å². The van der Waals surface area contributed by atoms with Crippen molar-refractivity contribution >= 4 is 22.9 Å². The molecule has 0 fully saturated rings. The Kier molecular flexibility index (Phi) is 4.25. The van der Waals surface area contributed by atoms with E-state index in [9.17, 15) is 4.79 Å². The lowest BCUT2D eigenvalue weighted by Crippen LogP contribution is -2.01. The number of pyridine rings is 1. The minimum Gasteiger partial charge on any atom is -0.463 e. The minimum absolute atomic E-state index is 0.329. The number of carbonyl (C=O) groups is 1. The van der Waals surface area contributed by atoms with Gasteiger partial charge in [0.05, 0.1) is 6.61 Å². The van der Waals surface area contributed by atoms with Gasteiger partial charge in [-0.1, -0.05) is 12.1 Å². The van der Waals surface area contributed by atoms with Gasteiger partial charge in [-0.25, -0.2) is 4.79 Å². The smallest absolute Gasteiger partial charge is 0.331 e. The first kappa shape index (κ1) is 12.5. The summed E-state index contributed by atoms with van der Waals surface area (Å²) in [6.45, 7) is 2.17. The first-order valence-electron chi connectivity index (χ1n) is 5.64. The van der Waals surface area contributed by atoms with Gasteiger partial charge < -0.3 is 4.74 Å². The van der Waals surface area contributed by atoms with Crippen molar-refractivity contribution in [1.82, 2.24) is 4.98 Å². The number of rotatable bonds is 4. The molecule has 0 radical (unpaired) electrons. The maximum Gasteiger partial charge on any atom is 0.331 e. The van der Waals surface area contributed by atoms with Gasteiger partial charge in [0.15, 0.2) is 0 Å². The summed E-state index contributed by atoms with van der Waals surface area (Å²) in [4.78, 5) is 16.7. The zero-order valence-electron chi connectivity index (χ0n) is 10.00. The van der Waals surface area contributed by atoms with E-state index in [0.29, 0.717) is 6.61 Å². The van der Waals surface area contributed by atoms with Crippen LogP contribution in [0.2, 0.25) is 0 Å². The molecule has 0 saturated heterocycles. The number of nitrogens with zero attached hydrogens (tertiary/aromatic N) is 1. The predicted molar refractivity (Wildman–Crippen MR) is 72.3 cm³/mol. The molecule has 0 aliphatic rings.